The third kappa shape index (κ3) is 4.76. The third-order valence-corrected chi connectivity index (χ3v) is 6.78. The molecule has 6 heteroatoms. The average Bonchev–Trinajstić information content (AvgIpc) is 3.15. The smallest absolute Gasteiger partial charge is 0.290 e. The molecular formula is C30H28ClNO4. The first-order valence-electron chi connectivity index (χ1n) is 12.3. The summed E-state index contributed by atoms with van der Waals surface area (Å²) in [6.07, 6.45) is 1.59. The van der Waals surface area contributed by atoms with Gasteiger partial charge in [0.05, 0.1) is 23.6 Å². The van der Waals surface area contributed by atoms with E-state index in [2.05, 4.69) is 13.8 Å². The first kappa shape index (κ1) is 24.1. The van der Waals surface area contributed by atoms with Crippen molar-refractivity contribution in [3.63, 3.8) is 0 Å². The zero-order valence-corrected chi connectivity index (χ0v) is 21.1. The van der Waals surface area contributed by atoms with Crippen LogP contribution in [0.25, 0.3) is 11.0 Å². The number of nitrogens with zero attached hydrogens (tertiary/aromatic N) is 1. The fourth-order valence-corrected chi connectivity index (χ4v) is 4.82. The number of benzene rings is 3. The van der Waals surface area contributed by atoms with E-state index in [0.717, 1.165) is 17.5 Å². The van der Waals surface area contributed by atoms with Gasteiger partial charge in [0, 0.05) is 11.6 Å². The molecule has 1 aliphatic rings. The van der Waals surface area contributed by atoms with Crippen molar-refractivity contribution in [3.8, 4) is 5.75 Å². The summed E-state index contributed by atoms with van der Waals surface area (Å²) in [4.78, 5) is 29.1. The molecule has 0 radical (unpaired) electrons. The van der Waals surface area contributed by atoms with Crippen LogP contribution in [0.4, 0.5) is 0 Å². The van der Waals surface area contributed by atoms with Crippen molar-refractivity contribution in [2.45, 2.75) is 32.7 Å². The molecular weight excluding hydrogens is 474 g/mol. The van der Waals surface area contributed by atoms with Gasteiger partial charge < -0.3 is 14.1 Å². The van der Waals surface area contributed by atoms with Gasteiger partial charge in [0.15, 0.2) is 5.43 Å². The number of hydrogen-bond donors (Lipinski definition) is 0. The monoisotopic (exact) mass is 501 g/mol. The highest BCUT2D eigenvalue weighted by molar-refractivity contribution is 6.31. The van der Waals surface area contributed by atoms with E-state index < -0.39 is 6.04 Å². The number of amides is 1. The molecule has 0 aliphatic carbocycles. The quantitative estimate of drug-likeness (QED) is 0.271. The van der Waals surface area contributed by atoms with Crippen LogP contribution in [0.2, 0.25) is 5.02 Å². The lowest BCUT2D eigenvalue weighted by Gasteiger charge is -2.25. The Morgan fingerprint density at radius 2 is 1.81 bits per heavy atom. The lowest BCUT2D eigenvalue weighted by molar-refractivity contribution is 0.0729. The maximum atomic E-state index is 13.7. The maximum absolute atomic E-state index is 13.7. The summed E-state index contributed by atoms with van der Waals surface area (Å²) in [5.74, 6) is 1.06. The minimum Gasteiger partial charge on any atom is -0.494 e. The molecule has 36 heavy (non-hydrogen) atoms. The van der Waals surface area contributed by atoms with Gasteiger partial charge in [0.1, 0.15) is 11.3 Å². The Morgan fingerprint density at radius 1 is 1.00 bits per heavy atom. The molecule has 0 saturated heterocycles. The second kappa shape index (κ2) is 10.2. The Morgan fingerprint density at radius 3 is 2.58 bits per heavy atom. The zero-order valence-electron chi connectivity index (χ0n) is 20.4. The molecule has 1 aliphatic heterocycles. The molecule has 1 aromatic heterocycles. The number of carbonyl (C=O) groups is 1. The first-order chi connectivity index (χ1) is 17.4. The van der Waals surface area contributed by atoms with Crippen LogP contribution in [-0.4, -0.2) is 24.0 Å². The molecule has 4 aromatic rings. The van der Waals surface area contributed by atoms with Gasteiger partial charge in [-0.15, -0.1) is 0 Å². The molecule has 3 aromatic carbocycles. The summed E-state index contributed by atoms with van der Waals surface area (Å²) < 4.78 is 12.0. The minimum absolute atomic E-state index is 0.0963. The maximum Gasteiger partial charge on any atom is 0.290 e. The summed E-state index contributed by atoms with van der Waals surface area (Å²) >= 11 is 6.19. The summed E-state index contributed by atoms with van der Waals surface area (Å²) in [6.45, 7) is 5.35. The Bertz CT molecular complexity index is 1460. The number of carbonyl (C=O) groups excluding carboxylic acids is 1. The summed E-state index contributed by atoms with van der Waals surface area (Å²) in [7, 11) is 0. The SMILES string of the molecule is CC(C)CCOc1cccc(C2c3c(oc4ccc(Cl)cc4c3=O)C(=O)N2CCc2ccccc2)c1. The van der Waals surface area contributed by atoms with Crippen molar-refractivity contribution in [2.24, 2.45) is 5.92 Å². The van der Waals surface area contributed by atoms with E-state index in [1.54, 1.807) is 23.1 Å². The van der Waals surface area contributed by atoms with E-state index in [9.17, 15) is 9.59 Å². The summed E-state index contributed by atoms with van der Waals surface area (Å²) in [6, 6.07) is 22.0. The highest BCUT2D eigenvalue weighted by Crippen LogP contribution is 2.39. The highest BCUT2D eigenvalue weighted by Gasteiger charge is 2.42. The van der Waals surface area contributed by atoms with E-state index in [4.69, 9.17) is 20.8 Å². The van der Waals surface area contributed by atoms with Crippen LogP contribution in [0.1, 0.15) is 53.6 Å². The normalized spacial score (nSPS) is 15.1. The largest absolute Gasteiger partial charge is 0.494 e. The number of halogens is 1. The van der Waals surface area contributed by atoms with Gasteiger partial charge in [-0.3, -0.25) is 9.59 Å². The second-order valence-electron chi connectivity index (χ2n) is 9.55. The Hall–Kier alpha value is -3.57. The van der Waals surface area contributed by atoms with E-state index in [1.807, 2.05) is 54.6 Å². The third-order valence-electron chi connectivity index (χ3n) is 6.55. The molecule has 0 N–H and O–H groups in total. The van der Waals surface area contributed by atoms with Crippen LogP contribution < -0.4 is 10.2 Å². The van der Waals surface area contributed by atoms with E-state index in [0.29, 0.717) is 52.8 Å². The van der Waals surface area contributed by atoms with Crippen LogP contribution in [0.3, 0.4) is 0 Å². The molecule has 0 saturated carbocycles. The Balaban J connectivity index is 1.58. The lowest BCUT2D eigenvalue weighted by atomic mass is 9.98. The lowest BCUT2D eigenvalue weighted by Crippen LogP contribution is -2.31. The fourth-order valence-electron chi connectivity index (χ4n) is 4.65. The minimum atomic E-state index is -0.579. The molecule has 1 atom stereocenters. The van der Waals surface area contributed by atoms with Gasteiger partial charge in [0.25, 0.3) is 5.91 Å². The van der Waals surface area contributed by atoms with E-state index >= 15 is 0 Å². The number of fused-ring (bicyclic) bond motifs is 2. The zero-order chi connectivity index (χ0) is 25.2. The molecule has 5 rings (SSSR count). The molecule has 184 valence electrons. The van der Waals surface area contributed by atoms with Crippen molar-refractivity contribution < 1.29 is 13.9 Å². The summed E-state index contributed by atoms with van der Waals surface area (Å²) in [5, 5.41) is 0.811. The Kier molecular flexibility index (Phi) is 6.84. The van der Waals surface area contributed by atoms with Gasteiger partial charge in [-0.1, -0.05) is 67.9 Å². The van der Waals surface area contributed by atoms with Gasteiger partial charge >= 0.3 is 0 Å². The van der Waals surface area contributed by atoms with Gasteiger partial charge in [-0.2, -0.15) is 0 Å². The van der Waals surface area contributed by atoms with Crippen molar-refractivity contribution in [1.82, 2.24) is 4.90 Å². The highest BCUT2D eigenvalue weighted by atomic mass is 35.5. The first-order valence-corrected chi connectivity index (χ1v) is 12.6. The van der Waals surface area contributed by atoms with Crippen molar-refractivity contribution >= 4 is 28.5 Å². The number of hydrogen-bond acceptors (Lipinski definition) is 4. The van der Waals surface area contributed by atoms with Crippen molar-refractivity contribution in [3.05, 3.63) is 110 Å². The van der Waals surface area contributed by atoms with Crippen molar-refractivity contribution in [1.29, 1.82) is 0 Å². The number of ether oxygens (including phenoxy) is 1. The average molecular weight is 502 g/mol. The number of rotatable bonds is 8. The fraction of sp³-hybridized carbons (Fsp3) is 0.267. The second-order valence-corrected chi connectivity index (χ2v) is 9.99. The van der Waals surface area contributed by atoms with Crippen LogP contribution in [-0.2, 0) is 6.42 Å². The van der Waals surface area contributed by atoms with Gasteiger partial charge in [-0.25, -0.2) is 0 Å². The van der Waals surface area contributed by atoms with Crippen LogP contribution in [0.5, 0.6) is 5.75 Å². The predicted molar refractivity (Wildman–Crippen MR) is 142 cm³/mol. The van der Waals surface area contributed by atoms with Crippen LogP contribution >= 0.6 is 11.6 Å². The molecule has 1 unspecified atom stereocenters. The molecule has 5 nitrogen and oxygen atoms in total. The Labute approximate surface area is 215 Å². The van der Waals surface area contributed by atoms with E-state index in [-0.39, 0.29) is 17.1 Å². The standard InChI is InChI=1S/C30H28ClNO4/c1-19(2)14-16-35-23-10-6-9-21(17-23)27-26-28(33)24-18-22(31)11-12-25(24)36-29(26)30(34)32(27)15-13-20-7-4-3-5-8-20/h3-12,17-19,27H,13-16H2,1-2H3. The molecule has 0 fully saturated rings. The van der Waals surface area contributed by atoms with E-state index in [1.165, 1.54) is 0 Å². The predicted octanol–water partition coefficient (Wildman–Crippen LogP) is 6.66. The van der Waals surface area contributed by atoms with Crippen LogP contribution in [0.15, 0.2) is 82.0 Å². The van der Waals surface area contributed by atoms with Crippen LogP contribution in [0, 0.1) is 5.92 Å². The topological polar surface area (TPSA) is 59.8 Å². The van der Waals surface area contributed by atoms with Gasteiger partial charge in [0.2, 0.25) is 5.76 Å². The molecule has 1 amide bonds. The summed E-state index contributed by atoms with van der Waals surface area (Å²) in [5.41, 5.74) is 2.39. The molecule has 2 heterocycles. The van der Waals surface area contributed by atoms with Gasteiger partial charge in [-0.05, 0) is 60.2 Å². The molecule has 0 spiro atoms. The van der Waals surface area contributed by atoms with Crippen molar-refractivity contribution in [2.75, 3.05) is 13.2 Å². The molecule has 0 bridgehead atoms.